The van der Waals surface area contributed by atoms with Gasteiger partial charge in [0, 0.05) is 0 Å². The predicted octanol–water partition coefficient (Wildman–Crippen LogP) is 3.68. The molecular weight excluding hydrogens is 421 g/mol. The number of hydrogen-bond donors (Lipinski definition) is 2. The van der Waals surface area contributed by atoms with Crippen LogP contribution in [0.25, 0.3) is 0 Å². The molecule has 3 aromatic carbocycles. The fraction of sp³-hybridized carbons (Fsp3) is 0.174. The minimum atomic E-state index is -4.02. The lowest BCUT2D eigenvalue weighted by Crippen LogP contribution is -2.34. The Morgan fingerprint density at radius 2 is 1.55 bits per heavy atom. The summed E-state index contributed by atoms with van der Waals surface area (Å²) in [5.41, 5.74) is 8.45. The van der Waals surface area contributed by atoms with Gasteiger partial charge in [-0.2, -0.15) is 8.42 Å². The summed E-state index contributed by atoms with van der Waals surface area (Å²) in [4.78, 5) is 11.7. The van der Waals surface area contributed by atoms with Crippen LogP contribution in [0.5, 0.6) is 0 Å². The van der Waals surface area contributed by atoms with Crippen LogP contribution in [-0.2, 0) is 32.7 Å². The second kappa shape index (κ2) is 11.4. The SMILES string of the molecule is Cc1ccc(S(=O)(=O)O)cc1.N[C@@H](Cc1ccc(F)cc1)C(=O)OCc1ccccc1. The maximum atomic E-state index is 12.8. The van der Waals surface area contributed by atoms with Gasteiger partial charge in [-0.3, -0.25) is 9.35 Å². The van der Waals surface area contributed by atoms with E-state index in [-0.39, 0.29) is 17.3 Å². The molecule has 0 radical (unpaired) electrons. The van der Waals surface area contributed by atoms with E-state index in [1.54, 1.807) is 24.3 Å². The van der Waals surface area contributed by atoms with Gasteiger partial charge in [-0.1, -0.05) is 60.2 Å². The molecule has 0 aromatic heterocycles. The highest BCUT2D eigenvalue weighted by Crippen LogP contribution is 2.09. The summed E-state index contributed by atoms with van der Waals surface area (Å²) in [5, 5.41) is 0. The average Bonchev–Trinajstić information content (AvgIpc) is 2.74. The standard InChI is InChI=1S/C16H16FNO2.C7H8O3S/c17-14-8-6-12(7-9-14)10-15(18)16(19)20-11-13-4-2-1-3-5-13;1-6-2-4-7(5-3-6)11(8,9)10/h1-9,15H,10-11,18H2;2-5H,1H3,(H,8,9,10)/t15-;/m0./s1. The molecule has 3 rings (SSSR count). The molecule has 0 aliphatic rings. The van der Waals surface area contributed by atoms with Crippen LogP contribution < -0.4 is 5.73 Å². The number of carbonyl (C=O) groups excluding carboxylic acids is 1. The van der Waals surface area contributed by atoms with E-state index in [9.17, 15) is 17.6 Å². The van der Waals surface area contributed by atoms with Crippen LogP contribution in [0.1, 0.15) is 16.7 Å². The monoisotopic (exact) mass is 445 g/mol. The van der Waals surface area contributed by atoms with E-state index in [0.717, 1.165) is 16.7 Å². The Bertz CT molecular complexity index is 1070. The van der Waals surface area contributed by atoms with Crippen molar-refractivity contribution >= 4 is 16.1 Å². The Morgan fingerprint density at radius 3 is 2.10 bits per heavy atom. The number of esters is 1. The van der Waals surface area contributed by atoms with E-state index in [2.05, 4.69) is 0 Å². The summed E-state index contributed by atoms with van der Waals surface area (Å²) >= 11 is 0. The number of nitrogens with two attached hydrogens (primary N) is 1. The predicted molar refractivity (Wildman–Crippen MR) is 115 cm³/mol. The zero-order valence-corrected chi connectivity index (χ0v) is 17.8. The molecule has 164 valence electrons. The molecule has 0 unspecified atom stereocenters. The van der Waals surface area contributed by atoms with Crippen LogP contribution >= 0.6 is 0 Å². The lowest BCUT2D eigenvalue weighted by Gasteiger charge is -2.11. The molecule has 0 amide bonds. The normalized spacial score (nSPS) is 11.7. The van der Waals surface area contributed by atoms with E-state index < -0.39 is 22.1 Å². The maximum Gasteiger partial charge on any atom is 0.323 e. The van der Waals surface area contributed by atoms with Crippen molar-refractivity contribution in [1.29, 1.82) is 0 Å². The third kappa shape index (κ3) is 8.67. The van der Waals surface area contributed by atoms with Crippen molar-refractivity contribution in [2.75, 3.05) is 0 Å². The van der Waals surface area contributed by atoms with Gasteiger partial charge in [0.2, 0.25) is 0 Å². The minimum Gasteiger partial charge on any atom is -0.460 e. The summed E-state index contributed by atoms with van der Waals surface area (Å²) in [6.07, 6.45) is 0.327. The average molecular weight is 446 g/mol. The molecule has 0 aliphatic heterocycles. The third-order valence-corrected chi connectivity index (χ3v) is 5.08. The molecule has 0 saturated heterocycles. The van der Waals surface area contributed by atoms with Crippen molar-refractivity contribution < 1.29 is 26.9 Å². The molecular formula is C23H24FNO5S. The molecule has 6 nitrogen and oxygen atoms in total. The first-order valence-corrected chi connectivity index (χ1v) is 10.8. The molecule has 0 aliphatic carbocycles. The first kappa shape index (κ1) is 24.2. The lowest BCUT2D eigenvalue weighted by atomic mass is 10.1. The van der Waals surface area contributed by atoms with Crippen LogP contribution in [-0.4, -0.2) is 25.0 Å². The van der Waals surface area contributed by atoms with Crippen LogP contribution in [0.3, 0.4) is 0 Å². The molecule has 0 saturated carbocycles. The van der Waals surface area contributed by atoms with E-state index in [1.165, 1.54) is 24.3 Å². The summed E-state index contributed by atoms with van der Waals surface area (Å²) < 4.78 is 47.5. The number of halogens is 1. The van der Waals surface area contributed by atoms with E-state index >= 15 is 0 Å². The van der Waals surface area contributed by atoms with Crippen molar-refractivity contribution in [1.82, 2.24) is 0 Å². The van der Waals surface area contributed by atoms with Crippen LogP contribution in [0.15, 0.2) is 83.8 Å². The second-order valence-corrected chi connectivity index (χ2v) is 8.24. The summed E-state index contributed by atoms with van der Waals surface area (Å²) in [6.45, 7) is 2.05. The van der Waals surface area contributed by atoms with Gasteiger partial charge in [-0.15, -0.1) is 0 Å². The Labute approximate surface area is 181 Å². The van der Waals surface area contributed by atoms with Gasteiger partial charge in [-0.25, -0.2) is 4.39 Å². The minimum absolute atomic E-state index is 0.0666. The summed E-state index contributed by atoms with van der Waals surface area (Å²) in [6, 6.07) is 20.5. The zero-order chi connectivity index (χ0) is 22.9. The lowest BCUT2D eigenvalue weighted by molar-refractivity contribution is -0.146. The van der Waals surface area contributed by atoms with Gasteiger partial charge in [-0.05, 0) is 48.7 Å². The zero-order valence-electron chi connectivity index (χ0n) is 16.9. The molecule has 3 aromatic rings. The first-order valence-electron chi connectivity index (χ1n) is 9.40. The van der Waals surface area contributed by atoms with Gasteiger partial charge in [0.05, 0.1) is 4.90 Å². The highest BCUT2D eigenvalue weighted by atomic mass is 32.2. The van der Waals surface area contributed by atoms with Gasteiger partial charge >= 0.3 is 5.97 Å². The van der Waals surface area contributed by atoms with Crippen LogP contribution in [0, 0.1) is 12.7 Å². The smallest absolute Gasteiger partial charge is 0.323 e. The fourth-order valence-corrected chi connectivity index (χ4v) is 2.98. The van der Waals surface area contributed by atoms with Gasteiger partial charge in [0.25, 0.3) is 10.1 Å². The van der Waals surface area contributed by atoms with Gasteiger partial charge < -0.3 is 10.5 Å². The number of hydrogen-bond acceptors (Lipinski definition) is 5. The molecule has 0 spiro atoms. The molecule has 1 atom stereocenters. The molecule has 8 heteroatoms. The Morgan fingerprint density at radius 1 is 0.968 bits per heavy atom. The topological polar surface area (TPSA) is 107 Å². The Hall–Kier alpha value is -3.07. The van der Waals surface area contributed by atoms with Crippen molar-refractivity contribution in [3.05, 3.63) is 101 Å². The van der Waals surface area contributed by atoms with Crippen LogP contribution in [0.4, 0.5) is 4.39 Å². The first-order chi connectivity index (χ1) is 14.6. The van der Waals surface area contributed by atoms with Crippen molar-refractivity contribution in [2.24, 2.45) is 5.73 Å². The number of rotatable bonds is 6. The number of benzene rings is 3. The molecule has 0 fully saturated rings. The Balaban J connectivity index is 0.000000262. The number of aryl methyl sites for hydroxylation is 1. The van der Waals surface area contributed by atoms with Crippen molar-refractivity contribution in [3.8, 4) is 0 Å². The van der Waals surface area contributed by atoms with Gasteiger partial charge in [0.15, 0.2) is 0 Å². The van der Waals surface area contributed by atoms with Crippen molar-refractivity contribution in [2.45, 2.75) is 30.9 Å². The second-order valence-electron chi connectivity index (χ2n) is 6.82. The largest absolute Gasteiger partial charge is 0.460 e. The van der Waals surface area contributed by atoms with Crippen molar-refractivity contribution in [3.63, 3.8) is 0 Å². The third-order valence-electron chi connectivity index (χ3n) is 4.21. The van der Waals surface area contributed by atoms with E-state index in [1.807, 2.05) is 37.3 Å². The molecule has 0 bridgehead atoms. The summed E-state index contributed by atoms with van der Waals surface area (Å²) in [7, 11) is -4.02. The molecule has 3 N–H and O–H groups in total. The van der Waals surface area contributed by atoms with E-state index in [0.29, 0.717) is 6.42 Å². The Kier molecular flexibility index (Phi) is 8.87. The number of carbonyl (C=O) groups is 1. The highest BCUT2D eigenvalue weighted by Gasteiger charge is 2.15. The summed E-state index contributed by atoms with van der Waals surface area (Å²) in [5.74, 6) is -0.771. The number of ether oxygens (including phenoxy) is 1. The molecule has 31 heavy (non-hydrogen) atoms. The quantitative estimate of drug-likeness (QED) is 0.443. The van der Waals surface area contributed by atoms with Gasteiger partial charge in [0.1, 0.15) is 18.5 Å². The molecule has 0 heterocycles. The highest BCUT2D eigenvalue weighted by molar-refractivity contribution is 7.85. The van der Waals surface area contributed by atoms with Crippen LogP contribution in [0.2, 0.25) is 0 Å². The van der Waals surface area contributed by atoms with E-state index in [4.69, 9.17) is 15.0 Å². The fourth-order valence-electron chi connectivity index (χ4n) is 2.50. The maximum absolute atomic E-state index is 12.8.